The average molecular weight is 307 g/mol. The summed E-state index contributed by atoms with van der Waals surface area (Å²) in [6.45, 7) is 4.69. The van der Waals surface area contributed by atoms with E-state index in [1.54, 1.807) is 4.57 Å². The van der Waals surface area contributed by atoms with Crippen molar-refractivity contribution in [2.24, 2.45) is 0 Å². The minimum absolute atomic E-state index is 0.00495. The summed E-state index contributed by atoms with van der Waals surface area (Å²) in [5.74, 6) is 0.794. The summed E-state index contributed by atoms with van der Waals surface area (Å²) in [5, 5.41) is 4.16. The fourth-order valence-electron chi connectivity index (χ4n) is 2.84. The van der Waals surface area contributed by atoms with Crippen LogP contribution in [0.5, 0.6) is 0 Å². The number of rotatable bonds is 5. The van der Waals surface area contributed by atoms with Crippen LogP contribution in [0.25, 0.3) is 10.9 Å². The van der Waals surface area contributed by atoms with Gasteiger partial charge in [-0.15, -0.1) is 0 Å². The molecule has 4 nitrogen and oxygen atoms in total. The highest BCUT2D eigenvalue weighted by Crippen LogP contribution is 2.22. The largest absolute Gasteiger partial charge is 0.375 e. The van der Waals surface area contributed by atoms with Gasteiger partial charge in [0, 0.05) is 12.2 Å². The molecule has 0 saturated carbocycles. The van der Waals surface area contributed by atoms with Crippen LogP contribution in [0.3, 0.4) is 0 Å². The van der Waals surface area contributed by atoms with Crippen molar-refractivity contribution in [1.82, 2.24) is 9.55 Å². The van der Waals surface area contributed by atoms with Gasteiger partial charge in [0.05, 0.1) is 16.9 Å². The molecule has 0 aliphatic carbocycles. The van der Waals surface area contributed by atoms with E-state index in [0.29, 0.717) is 11.9 Å². The molecular formula is C19H21N3O. The van der Waals surface area contributed by atoms with Crippen LogP contribution in [0.4, 0.5) is 5.69 Å². The Bertz CT molecular complexity index is 855. The number of para-hydroxylation sites is 2. The number of nitrogens with one attached hydrogen (secondary N) is 1. The van der Waals surface area contributed by atoms with Crippen molar-refractivity contribution in [2.75, 3.05) is 5.32 Å². The maximum absolute atomic E-state index is 12.7. The molecule has 0 saturated heterocycles. The van der Waals surface area contributed by atoms with Crippen molar-refractivity contribution >= 4 is 16.6 Å². The van der Waals surface area contributed by atoms with Crippen LogP contribution in [0.2, 0.25) is 0 Å². The monoisotopic (exact) mass is 307 g/mol. The zero-order chi connectivity index (χ0) is 16.2. The highest BCUT2D eigenvalue weighted by molar-refractivity contribution is 5.77. The molecule has 23 heavy (non-hydrogen) atoms. The van der Waals surface area contributed by atoms with Crippen molar-refractivity contribution in [3.8, 4) is 0 Å². The third kappa shape index (κ3) is 2.97. The predicted molar refractivity (Wildman–Crippen MR) is 94.8 cm³/mol. The van der Waals surface area contributed by atoms with E-state index in [9.17, 15) is 4.79 Å². The molecular weight excluding hydrogens is 286 g/mol. The van der Waals surface area contributed by atoms with Crippen LogP contribution in [0, 0.1) is 0 Å². The fraction of sp³-hybridized carbons (Fsp3) is 0.263. The Morgan fingerprint density at radius 3 is 2.43 bits per heavy atom. The molecule has 3 rings (SSSR count). The quantitative estimate of drug-likeness (QED) is 0.775. The van der Waals surface area contributed by atoms with Gasteiger partial charge in [0.1, 0.15) is 5.82 Å². The molecule has 2 aromatic carbocycles. The van der Waals surface area contributed by atoms with Gasteiger partial charge in [-0.25, -0.2) is 4.98 Å². The summed E-state index contributed by atoms with van der Waals surface area (Å²) < 4.78 is 1.77. The smallest absolute Gasteiger partial charge is 0.261 e. The van der Waals surface area contributed by atoms with Crippen molar-refractivity contribution in [1.29, 1.82) is 0 Å². The lowest BCUT2D eigenvalue weighted by Crippen LogP contribution is -2.28. The van der Waals surface area contributed by atoms with Gasteiger partial charge in [0.25, 0.3) is 5.56 Å². The van der Waals surface area contributed by atoms with Crippen LogP contribution in [0.1, 0.15) is 32.1 Å². The Labute approximate surface area is 135 Å². The highest BCUT2D eigenvalue weighted by Gasteiger charge is 2.17. The third-order valence-corrected chi connectivity index (χ3v) is 4.04. The Balaban J connectivity index is 2.11. The number of nitrogens with zero attached hydrogens (tertiary/aromatic N) is 2. The zero-order valence-electron chi connectivity index (χ0n) is 13.5. The molecule has 1 unspecified atom stereocenters. The van der Waals surface area contributed by atoms with Crippen LogP contribution in [-0.4, -0.2) is 9.55 Å². The van der Waals surface area contributed by atoms with Gasteiger partial charge in [-0.3, -0.25) is 9.36 Å². The molecule has 0 radical (unpaired) electrons. The molecule has 1 aromatic heterocycles. The summed E-state index contributed by atoms with van der Waals surface area (Å²) in [6.07, 6.45) is 0.847. The third-order valence-electron chi connectivity index (χ3n) is 4.04. The first-order chi connectivity index (χ1) is 11.2. The normalized spacial score (nSPS) is 12.3. The Hall–Kier alpha value is -2.62. The summed E-state index contributed by atoms with van der Waals surface area (Å²) in [6, 6.07) is 17.6. The van der Waals surface area contributed by atoms with Gasteiger partial charge < -0.3 is 5.32 Å². The second kappa shape index (κ2) is 6.65. The summed E-state index contributed by atoms with van der Waals surface area (Å²) >= 11 is 0. The fourth-order valence-corrected chi connectivity index (χ4v) is 2.84. The molecule has 118 valence electrons. The summed E-state index contributed by atoms with van der Waals surface area (Å²) in [7, 11) is 0. The zero-order valence-corrected chi connectivity index (χ0v) is 13.5. The minimum Gasteiger partial charge on any atom is -0.375 e. The Morgan fingerprint density at radius 1 is 1.04 bits per heavy atom. The van der Waals surface area contributed by atoms with Gasteiger partial charge >= 0.3 is 0 Å². The molecule has 3 aromatic rings. The Kier molecular flexibility index (Phi) is 4.42. The molecule has 0 spiro atoms. The number of hydrogen-bond donors (Lipinski definition) is 1. The SMILES string of the molecule is CCC(Nc1ccccc1)c1nc2ccccc2c(=O)n1CC. The van der Waals surface area contributed by atoms with E-state index in [1.165, 1.54) is 0 Å². The number of fused-ring (bicyclic) bond motifs is 1. The molecule has 4 heteroatoms. The lowest BCUT2D eigenvalue weighted by Gasteiger charge is -2.21. The maximum Gasteiger partial charge on any atom is 0.261 e. The molecule has 1 heterocycles. The van der Waals surface area contributed by atoms with E-state index in [4.69, 9.17) is 4.98 Å². The second-order valence-corrected chi connectivity index (χ2v) is 5.51. The number of hydrogen-bond acceptors (Lipinski definition) is 3. The minimum atomic E-state index is -0.00495. The Morgan fingerprint density at radius 2 is 1.74 bits per heavy atom. The highest BCUT2D eigenvalue weighted by atomic mass is 16.1. The van der Waals surface area contributed by atoms with Crippen molar-refractivity contribution in [2.45, 2.75) is 32.9 Å². The van der Waals surface area contributed by atoms with Gasteiger partial charge in [-0.05, 0) is 37.6 Å². The first-order valence-corrected chi connectivity index (χ1v) is 8.05. The van der Waals surface area contributed by atoms with E-state index in [-0.39, 0.29) is 11.6 Å². The molecule has 0 amide bonds. The number of anilines is 1. The van der Waals surface area contributed by atoms with E-state index in [2.05, 4.69) is 12.2 Å². The van der Waals surface area contributed by atoms with E-state index in [1.807, 2.05) is 61.5 Å². The number of benzene rings is 2. The molecule has 0 bridgehead atoms. The van der Waals surface area contributed by atoms with E-state index in [0.717, 1.165) is 23.4 Å². The van der Waals surface area contributed by atoms with Gasteiger partial charge in [-0.1, -0.05) is 37.3 Å². The first-order valence-electron chi connectivity index (χ1n) is 8.05. The average Bonchev–Trinajstić information content (AvgIpc) is 2.60. The molecule has 0 aliphatic rings. The second-order valence-electron chi connectivity index (χ2n) is 5.51. The van der Waals surface area contributed by atoms with Crippen molar-refractivity contribution < 1.29 is 0 Å². The van der Waals surface area contributed by atoms with Crippen molar-refractivity contribution in [3.63, 3.8) is 0 Å². The van der Waals surface area contributed by atoms with E-state index >= 15 is 0 Å². The van der Waals surface area contributed by atoms with Gasteiger partial charge in [0.2, 0.25) is 0 Å². The molecule has 1 N–H and O–H groups in total. The molecule has 0 aliphatic heterocycles. The van der Waals surface area contributed by atoms with Crippen LogP contribution in [-0.2, 0) is 6.54 Å². The topological polar surface area (TPSA) is 46.9 Å². The van der Waals surface area contributed by atoms with Gasteiger partial charge in [0.15, 0.2) is 0 Å². The molecule has 1 atom stereocenters. The first kappa shape index (κ1) is 15.3. The van der Waals surface area contributed by atoms with Gasteiger partial charge in [-0.2, -0.15) is 0 Å². The predicted octanol–water partition coefficient (Wildman–Crippen LogP) is 3.98. The van der Waals surface area contributed by atoms with E-state index < -0.39 is 0 Å². The lowest BCUT2D eigenvalue weighted by atomic mass is 10.1. The molecule has 0 fully saturated rings. The van der Waals surface area contributed by atoms with Crippen LogP contribution < -0.4 is 10.9 Å². The van der Waals surface area contributed by atoms with Crippen LogP contribution >= 0.6 is 0 Å². The standard InChI is InChI=1S/C19H21N3O/c1-3-16(20-14-10-6-5-7-11-14)18-21-17-13-9-8-12-15(17)19(23)22(18)4-2/h5-13,16,20H,3-4H2,1-2H3. The summed E-state index contributed by atoms with van der Waals surface area (Å²) in [4.78, 5) is 17.5. The van der Waals surface area contributed by atoms with Crippen molar-refractivity contribution in [3.05, 3.63) is 70.8 Å². The lowest BCUT2D eigenvalue weighted by molar-refractivity contribution is 0.590. The number of aromatic nitrogens is 2. The maximum atomic E-state index is 12.7. The summed E-state index contributed by atoms with van der Waals surface area (Å²) in [5.41, 5.74) is 1.82. The van der Waals surface area contributed by atoms with Crippen LogP contribution in [0.15, 0.2) is 59.4 Å².